The highest BCUT2D eigenvalue weighted by Crippen LogP contribution is 2.11. The number of nitrogens with one attached hydrogen (secondary N) is 1. The van der Waals surface area contributed by atoms with E-state index in [9.17, 15) is 13.6 Å². The summed E-state index contributed by atoms with van der Waals surface area (Å²) in [7, 11) is 1.54. The third kappa shape index (κ3) is 4.24. The number of hydrogen-bond acceptors (Lipinski definition) is 2. The maximum Gasteiger partial charge on any atom is 0.317 e. The van der Waals surface area contributed by atoms with Crippen LogP contribution in [-0.2, 0) is 13.1 Å². The van der Waals surface area contributed by atoms with Gasteiger partial charge in [0.05, 0.1) is 12.2 Å². The summed E-state index contributed by atoms with van der Waals surface area (Å²) in [6.07, 6.45) is 1.64. The SMILES string of the molecule is CN(Cc1ccc(F)cc1F)C(=O)NCc1ccccn1. The third-order valence-electron chi connectivity index (χ3n) is 2.92. The van der Waals surface area contributed by atoms with Crippen LogP contribution < -0.4 is 5.32 Å². The van der Waals surface area contributed by atoms with Crippen molar-refractivity contribution in [1.82, 2.24) is 15.2 Å². The Morgan fingerprint density at radius 1 is 1.29 bits per heavy atom. The second-order valence-electron chi connectivity index (χ2n) is 4.57. The Kier molecular flexibility index (Phi) is 4.81. The van der Waals surface area contributed by atoms with Crippen LogP contribution in [0.1, 0.15) is 11.3 Å². The molecule has 6 heteroatoms. The Morgan fingerprint density at radius 3 is 2.76 bits per heavy atom. The topological polar surface area (TPSA) is 45.2 Å². The summed E-state index contributed by atoms with van der Waals surface area (Å²) >= 11 is 0. The second kappa shape index (κ2) is 6.78. The van der Waals surface area contributed by atoms with Crippen molar-refractivity contribution in [2.24, 2.45) is 0 Å². The predicted molar refractivity (Wildman–Crippen MR) is 74.3 cm³/mol. The van der Waals surface area contributed by atoms with Gasteiger partial charge in [0.25, 0.3) is 0 Å². The van der Waals surface area contributed by atoms with Crippen molar-refractivity contribution in [2.75, 3.05) is 7.05 Å². The molecular weight excluding hydrogens is 276 g/mol. The van der Waals surface area contributed by atoms with Crippen molar-refractivity contribution in [3.8, 4) is 0 Å². The molecule has 2 aromatic rings. The van der Waals surface area contributed by atoms with E-state index in [1.165, 1.54) is 18.0 Å². The van der Waals surface area contributed by atoms with Crippen LogP contribution in [0.4, 0.5) is 13.6 Å². The Bertz CT molecular complexity index is 620. The summed E-state index contributed by atoms with van der Waals surface area (Å²) in [6, 6.07) is 8.34. The number of aromatic nitrogens is 1. The van der Waals surface area contributed by atoms with Crippen LogP contribution in [-0.4, -0.2) is 23.0 Å². The number of hydrogen-bond donors (Lipinski definition) is 1. The van der Waals surface area contributed by atoms with E-state index < -0.39 is 11.6 Å². The van der Waals surface area contributed by atoms with Crippen LogP contribution in [0.5, 0.6) is 0 Å². The lowest BCUT2D eigenvalue weighted by Crippen LogP contribution is -2.36. The lowest BCUT2D eigenvalue weighted by Gasteiger charge is -2.18. The minimum Gasteiger partial charge on any atom is -0.332 e. The highest BCUT2D eigenvalue weighted by molar-refractivity contribution is 5.73. The van der Waals surface area contributed by atoms with Crippen LogP contribution in [0.2, 0.25) is 0 Å². The molecule has 1 aromatic heterocycles. The van der Waals surface area contributed by atoms with Crippen LogP contribution in [0.3, 0.4) is 0 Å². The Hall–Kier alpha value is -2.50. The zero-order valence-electron chi connectivity index (χ0n) is 11.5. The van der Waals surface area contributed by atoms with Crippen molar-refractivity contribution in [2.45, 2.75) is 13.1 Å². The molecule has 1 aromatic carbocycles. The number of nitrogens with zero attached hydrogens (tertiary/aromatic N) is 2. The van der Waals surface area contributed by atoms with Crippen LogP contribution >= 0.6 is 0 Å². The molecule has 0 aliphatic carbocycles. The minimum atomic E-state index is -0.667. The fourth-order valence-corrected chi connectivity index (χ4v) is 1.78. The van der Waals surface area contributed by atoms with E-state index in [1.807, 2.05) is 6.07 Å². The zero-order valence-corrected chi connectivity index (χ0v) is 11.5. The van der Waals surface area contributed by atoms with Crippen molar-refractivity contribution < 1.29 is 13.6 Å². The fourth-order valence-electron chi connectivity index (χ4n) is 1.78. The Morgan fingerprint density at radius 2 is 2.10 bits per heavy atom. The van der Waals surface area contributed by atoms with E-state index in [4.69, 9.17) is 0 Å². The highest BCUT2D eigenvalue weighted by Gasteiger charge is 2.12. The van der Waals surface area contributed by atoms with Gasteiger partial charge in [-0.2, -0.15) is 0 Å². The van der Waals surface area contributed by atoms with Gasteiger partial charge in [0, 0.05) is 31.4 Å². The molecule has 0 spiro atoms. The van der Waals surface area contributed by atoms with Gasteiger partial charge >= 0.3 is 6.03 Å². The molecule has 0 radical (unpaired) electrons. The average molecular weight is 291 g/mol. The van der Waals surface area contributed by atoms with Gasteiger partial charge < -0.3 is 10.2 Å². The van der Waals surface area contributed by atoms with E-state index >= 15 is 0 Å². The van der Waals surface area contributed by atoms with Gasteiger partial charge in [0.2, 0.25) is 0 Å². The first-order chi connectivity index (χ1) is 10.1. The predicted octanol–water partition coefficient (Wildman–Crippen LogP) is 2.70. The summed E-state index contributed by atoms with van der Waals surface area (Å²) < 4.78 is 26.3. The highest BCUT2D eigenvalue weighted by atomic mass is 19.1. The summed E-state index contributed by atoms with van der Waals surface area (Å²) in [5.41, 5.74) is 0.985. The monoisotopic (exact) mass is 291 g/mol. The van der Waals surface area contributed by atoms with Crippen LogP contribution in [0.15, 0.2) is 42.6 Å². The molecule has 0 atom stereocenters. The zero-order chi connectivity index (χ0) is 15.2. The number of rotatable bonds is 4. The Balaban J connectivity index is 1.90. The van der Waals surface area contributed by atoms with Crippen molar-refractivity contribution in [1.29, 1.82) is 0 Å². The number of carbonyl (C=O) groups excluding carboxylic acids is 1. The molecule has 0 fully saturated rings. The number of carbonyl (C=O) groups is 1. The molecular formula is C15H15F2N3O. The van der Waals surface area contributed by atoms with Gasteiger partial charge in [-0.25, -0.2) is 13.6 Å². The van der Waals surface area contributed by atoms with E-state index in [1.54, 1.807) is 18.3 Å². The average Bonchev–Trinajstić information content (AvgIpc) is 2.48. The van der Waals surface area contributed by atoms with Crippen molar-refractivity contribution in [3.63, 3.8) is 0 Å². The first-order valence-electron chi connectivity index (χ1n) is 6.39. The lowest BCUT2D eigenvalue weighted by atomic mass is 10.2. The minimum absolute atomic E-state index is 0.0557. The summed E-state index contributed by atoms with van der Waals surface area (Å²) in [5, 5.41) is 2.68. The molecule has 0 unspecified atom stereocenters. The molecule has 2 amide bonds. The van der Waals surface area contributed by atoms with E-state index in [0.29, 0.717) is 0 Å². The van der Waals surface area contributed by atoms with Crippen LogP contribution in [0.25, 0.3) is 0 Å². The molecule has 1 heterocycles. The van der Waals surface area contributed by atoms with Crippen LogP contribution in [0, 0.1) is 11.6 Å². The molecule has 2 rings (SSSR count). The van der Waals surface area contributed by atoms with Gasteiger partial charge in [0.1, 0.15) is 11.6 Å². The molecule has 0 aliphatic heterocycles. The summed E-state index contributed by atoms with van der Waals surface area (Å²) in [6.45, 7) is 0.343. The maximum atomic E-state index is 13.5. The first kappa shape index (κ1) is 14.9. The van der Waals surface area contributed by atoms with E-state index in [0.717, 1.165) is 17.8 Å². The van der Waals surface area contributed by atoms with Gasteiger partial charge in [-0.3, -0.25) is 4.98 Å². The number of pyridine rings is 1. The maximum absolute atomic E-state index is 13.5. The van der Waals surface area contributed by atoms with E-state index in [-0.39, 0.29) is 24.7 Å². The molecule has 21 heavy (non-hydrogen) atoms. The Labute approximate surface area is 121 Å². The molecule has 0 saturated carbocycles. The standard InChI is InChI=1S/C15H15F2N3O/c1-20(10-11-5-6-12(16)8-14(11)17)15(21)19-9-13-4-2-3-7-18-13/h2-8H,9-10H2,1H3,(H,19,21). The van der Waals surface area contributed by atoms with Crippen molar-refractivity contribution in [3.05, 3.63) is 65.5 Å². The molecule has 110 valence electrons. The second-order valence-corrected chi connectivity index (χ2v) is 4.57. The number of benzene rings is 1. The smallest absolute Gasteiger partial charge is 0.317 e. The molecule has 0 bridgehead atoms. The largest absolute Gasteiger partial charge is 0.332 e. The summed E-state index contributed by atoms with van der Waals surface area (Å²) in [4.78, 5) is 17.3. The third-order valence-corrected chi connectivity index (χ3v) is 2.92. The molecule has 4 nitrogen and oxygen atoms in total. The van der Waals surface area contributed by atoms with Gasteiger partial charge in [-0.15, -0.1) is 0 Å². The molecule has 1 N–H and O–H groups in total. The van der Waals surface area contributed by atoms with Gasteiger partial charge in [-0.1, -0.05) is 12.1 Å². The lowest BCUT2D eigenvalue weighted by molar-refractivity contribution is 0.206. The van der Waals surface area contributed by atoms with Crippen molar-refractivity contribution >= 4 is 6.03 Å². The first-order valence-corrected chi connectivity index (χ1v) is 6.39. The van der Waals surface area contributed by atoms with Gasteiger partial charge in [-0.05, 0) is 18.2 Å². The van der Waals surface area contributed by atoms with Gasteiger partial charge in [0.15, 0.2) is 0 Å². The number of amides is 2. The summed E-state index contributed by atoms with van der Waals surface area (Å²) in [5.74, 6) is -1.31. The number of urea groups is 1. The van der Waals surface area contributed by atoms with E-state index in [2.05, 4.69) is 10.3 Å². The quantitative estimate of drug-likeness (QED) is 0.941. The normalized spacial score (nSPS) is 10.2. The molecule has 0 aliphatic rings. The number of halogens is 2. The molecule has 0 saturated heterocycles. The fraction of sp³-hybridized carbons (Fsp3) is 0.200.